The van der Waals surface area contributed by atoms with Crippen LogP contribution in [0.1, 0.15) is 11.1 Å². The van der Waals surface area contributed by atoms with Crippen LogP contribution in [0.25, 0.3) is 10.8 Å². The number of fused-ring (bicyclic) bond motifs is 1. The zero-order chi connectivity index (χ0) is 24.6. The van der Waals surface area contributed by atoms with Gasteiger partial charge in [-0.25, -0.2) is 4.79 Å². The van der Waals surface area contributed by atoms with Crippen LogP contribution in [0.3, 0.4) is 0 Å². The quantitative estimate of drug-likeness (QED) is 0.336. The zero-order valence-electron chi connectivity index (χ0n) is 19.2. The van der Waals surface area contributed by atoms with E-state index in [0.717, 1.165) is 21.9 Å². The Hall–Kier alpha value is -4.52. The molecule has 2 amide bonds. The molecule has 0 spiro atoms. The van der Waals surface area contributed by atoms with Gasteiger partial charge < -0.3 is 25.2 Å². The molecule has 4 aromatic rings. The molecule has 0 saturated heterocycles. The minimum Gasteiger partial charge on any atom is -0.508 e. The summed E-state index contributed by atoms with van der Waals surface area (Å²) in [6.07, 6.45) is -0.499. The fourth-order valence-corrected chi connectivity index (χ4v) is 3.73. The lowest BCUT2D eigenvalue weighted by molar-refractivity contribution is -0.118. The van der Waals surface area contributed by atoms with Crippen molar-refractivity contribution in [1.29, 1.82) is 0 Å². The van der Waals surface area contributed by atoms with E-state index in [1.54, 1.807) is 25.3 Å². The third-order valence-electron chi connectivity index (χ3n) is 5.51. The number of aromatic hydroxyl groups is 1. The lowest BCUT2D eigenvalue weighted by Crippen LogP contribution is -2.45. The molecular weight excluding hydrogens is 444 g/mol. The number of hydrogen-bond donors (Lipinski definition) is 3. The smallest absolute Gasteiger partial charge is 0.408 e. The Morgan fingerprint density at radius 3 is 2.34 bits per heavy atom. The number of anilines is 1. The number of phenols is 1. The molecule has 1 unspecified atom stereocenters. The van der Waals surface area contributed by atoms with Crippen LogP contribution in [0.2, 0.25) is 0 Å². The number of amides is 2. The first-order valence-corrected chi connectivity index (χ1v) is 11.1. The number of carbonyl (C=O) groups excluding carboxylic acids is 2. The molecule has 0 heterocycles. The van der Waals surface area contributed by atoms with Crippen molar-refractivity contribution in [3.05, 3.63) is 102 Å². The van der Waals surface area contributed by atoms with Crippen molar-refractivity contribution >= 4 is 28.5 Å². The molecule has 4 rings (SSSR count). The summed E-state index contributed by atoms with van der Waals surface area (Å²) in [5, 5.41) is 17.0. The summed E-state index contributed by atoms with van der Waals surface area (Å²) in [6, 6.07) is 26.1. The normalized spacial score (nSPS) is 11.5. The molecule has 7 nitrogen and oxygen atoms in total. The average Bonchev–Trinajstić information content (AvgIpc) is 2.88. The van der Waals surface area contributed by atoms with Gasteiger partial charge in [-0.1, -0.05) is 66.7 Å². The van der Waals surface area contributed by atoms with Crippen LogP contribution in [0.4, 0.5) is 10.5 Å². The minimum absolute atomic E-state index is 0.0854. The fraction of sp³-hybridized carbons (Fsp3) is 0.143. The van der Waals surface area contributed by atoms with Crippen molar-refractivity contribution in [2.24, 2.45) is 0 Å². The summed E-state index contributed by atoms with van der Waals surface area (Å²) >= 11 is 0. The first-order chi connectivity index (χ1) is 17.0. The second-order valence-corrected chi connectivity index (χ2v) is 8.02. The maximum absolute atomic E-state index is 13.3. The summed E-state index contributed by atoms with van der Waals surface area (Å²) in [5.41, 5.74) is 2.15. The van der Waals surface area contributed by atoms with Crippen LogP contribution in [0.5, 0.6) is 11.5 Å². The van der Waals surface area contributed by atoms with Crippen LogP contribution in [-0.4, -0.2) is 30.3 Å². The molecule has 0 aliphatic rings. The molecule has 4 aromatic carbocycles. The Balaban J connectivity index is 1.51. The zero-order valence-corrected chi connectivity index (χ0v) is 19.2. The molecule has 1 atom stereocenters. The van der Waals surface area contributed by atoms with Crippen molar-refractivity contribution in [2.45, 2.75) is 19.1 Å². The van der Waals surface area contributed by atoms with Crippen molar-refractivity contribution in [3.63, 3.8) is 0 Å². The Bertz CT molecular complexity index is 1310. The van der Waals surface area contributed by atoms with Crippen LogP contribution in [-0.2, 0) is 22.6 Å². The first kappa shape index (κ1) is 23.6. The maximum Gasteiger partial charge on any atom is 0.408 e. The van der Waals surface area contributed by atoms with Crippen molar-refractivity contribution in [3.8, 4) is 11.5 Å². The van der Waals surface area contributed by atoms with Crippen LogP contribution in [0.15, 0.2) is 91.0 Å². The van der Waals surface area contributed by atoms with Crippen LogP contribution >= 0.6 is 0 Å². The molecule has 0 radical (unpaired) electrons. The van der Waals surface area contributed by atoms with E-state index >= 15 is 0 Å². The van der Waals surface area contributed by atoms with Gasteiger partial charge in [-0.2, -0.15) is 0 Å². The Morgan fingerprint density at radius 2 is 1.60 bits per heavy atom. The monoisotopic (exact) mass is 470 g/mol. The molecule has 0 aliphatic carbocycles. The fourth-order valence-electron chi connectivity index (χ4n) is 3.73. The lowest BCUT2D eigenvalue weighted by Gasteiger charge is -2.19. The van der Waals surface area contributed by atoms with Gasteiger partial charge in [0.15, 0.2) is 0 Å². The van der Waals surface area contributed by atoms with Gasteiger partial charge in [0.2, 0.25) is 5.91 Å². The molecule has 0 fully saturated rings. The predicted octanol–water partition coefficient (Wildman–Crippen LogP) is 5.03. The van der Waals surface area contributed by atoms with Crippen LogP contribution < -0.4 is 15.4 Å². The standard InChI is InChI=1S/C28H26N2O5/c1-34-26-17-22(16-21-9-5-6-10-24(21)26)29-27(32)25(15-19-11-13-23(31)14-12-19)30-28(33)35-18-20-7-3-2-4-8-20/h2-14,16-17,25,31H,15,18H2,1H3,(H,29,32)(H,30,33). The number of phenolic OH excluding ortho intramolecular Hbond substituents is 1. The van der Waals surface area contributed by atoms with Gasteiger partial charge in [0.25, 0.3) is 0 Å². The SMILES string of the molecule is COc1cc(NC(=O)C(Cc2ccc(O)cc2)NC(=O)OCc2ccccc2)cc2ccccc12. The van der Waals surface area contributed by atoms with E-state index in [9.17, 15) is 14.7 Å². The van der Waals surface area contributed by atoms with Gasteiger partial charge >= 0.3 is 6.09 Å². The highest BCUT2D eigenvalue weighted by atomic mass is 16.5. The Labute approximate surface area is 203 Å². The number of ether oxygens (including phenoxy) is 2. The van der Waals surface area contributed by atoms with Gasteiger partial charge in [-0.05, 0) is 34.7 Å². The minimum atomic E-state index is -0.916. The van der Waals surface area contributed by atoms with Gasteiger partial charge in [0, 0.05) is 23.6 Å². The maximum atomic E-state index is 13.3. The average molecular weight is 471 g/mol. The van der Waals surface area contributed by atoms with E-state index < -0.39 is 18.0 Å². The topological polar surface area (TPSA) is 96.9 Å². The molecule has 3 N–H and O–H groups in total. The third kappa shape index (κ3) is 6.29. The van der Waals surface area contributed by atoms with Crippen LogP contribution in [0, 0.1) is 0 Å². The molecule has 0 aliphatic heterocycles. The first-order valence-electron chi connectivity index (χ1n) is 11.1. The Kier molecular flexibility index (Phi) is 7.47. The number of hydrogen-bond acceptors (Lipinski definition) is 5. The number of rotatable bonds is 8. The second-order valence-electron chi connectivity index (χ2n) is 8.02. The van der Waals surface area contributed by atoms with Crippen molar-refractivity contribution < 1.29 is 24.2 Å². The highest BCUT2D eigenvalue weighted by molar-refractivity contribution is 6.00. The summed E-state index contributed by atoms with van der Waals surface area (Å²) in [5.74, 6) is 0.337. The largest absolute Gasteiger partial charge is 0.508 e. The summed E-state index contributed by atoms with van der Waals surface area (Å²) in [6.45, 7) is 0.0854. The van der Waals surface area contributed by atoms with E-state index in [2.05, 4.69) is 10.6 Å². The van der Waals surface area contributed by atoms with Gasteiger partial charge in [0.1, 0.15) is 24.1 Å². The van der Waals surface area contributed by atoms with Gasteiger partial charge in [0.05, 0.1) is 7.11 Å². The molecule has 0 saturated carbocycles. The predicted molar refractivity (Wildman–Crippen MR) is 134 cm³/mol. The van der Waals surface area contributed by atoms with Crippen molar-refractivity contribution in [1.82, 2.24) is 5.32 Å². The van der Waals surface area contributed by atoms with E-state index in [-0.39, 0.29) is 18.8 Å². The van der Waals surface area contributed by atoms with Gasteiger partial charge in [-0.15, -0.1) is 0 Å². The number of benzene rings is 4. The Morgan fingerprint density at radius 1 is 0.886 bits per heavy atom. The summed E-state index contributed by atoms with van der Waals surface area (Å²) in [7, 11) is 1.57. The van der Waals surface area contributed by atoms with E-state index in [1.807, 2.05) is 60.7 Å². The van der Waals surface area contributed by atoms with Gasteiger partial charge in [-0.3, -0.25) is 4.79 Å². The summed E-state index contributed by atoms with van der Waals surface area (Å²) in [4.78, 5) is 25.8. The molecule has 7 heteroatoms. The van der Waals surface area contributed by atoms with Crippen molar-refractivity contribution in [2.75, 3.05) is 12.4 Å². The number of alkyl carbamates (subject to hydrolysis) is 1. The summed E-state index contributed by atoms with van der Waals surface area (Å²) < 4.78 is 10.8. The number of carbonyl (C=O) groups is 2. The lowest BCUT2D eigenvalue weighted by atomic mass is 10.0. The molecule has 178 valence electrons. The number of methoxy groups -OCH3 is 1. The highest BCUT2D eigenvalue weighted by Crippen LogP contribution is 2.30. The second kappa shape index (κ2) is 11.1. The third-order valence-corrected chi connectivity index (χ3v) is 5.51. The molecule has 35 heavy (non-hydrogen) atoms. The molecular formula is C28H26N2O5. The van der Waals surface area contributed by atoms with E-state index in [0.29, 0.717) is 11.4 Å². The highest BCUT2D eigenvalue weighted by Gasteiger charge is 2.23. The number of nitrogens with one attached hydrogen (secondary N) is 2. The van der Waals surface area contributed by atoms with E-state index in [1.165, 1.54) is 12.1 Å². The van der Waals surface area contributed by atoms with E-state index in [4.69, 9.17) is 9.47 Å². The molecule has 0 aromatic heterocycles. The molecule has 0 bridgehead atoms.